The third-order valence-corrected chi connectivity index (χ3v) is 7.66. The van der Waals surface area contributed by atoms with E-state index in [0.717, 1.165) is 38.7 Å². The van der Waals surface area contributed by atoms with Crippen molar-refractivity contribution in [2.24, 2.45) is 11.8 Å². The van der Waals surface area contributed by atoms with Gasteiger partial charge in [0.05, 0.1) is 36.6 Å². The molecule has 29 heavy (non-hydrogen) atoms. The van der Waals surface area contributed by atoms with Crippen LogP contribution in [0.2, 0.25) is 0 Å². The molecule has 3 saturated heterocycles. The van der Waals surface area contributed by atoms with Crippen LogP contribution >= 0.6 is 0 Å². The fourth-order valence-electron chi connectivity index (χ4n) is 5.94. The average Bonchev–Trinajstić information content (AvgIpc) is 3.56. The number of rotatable bonds is 4. The SMILES string of the molecule is Nc1ncc(-c2cc([C@@]34C5[C@H]3[C@H]4CN5C3COC3)n(C3CC3)n2)cc1C(F)(F)F. The van der Waals surface area contributed by atoms with Crippen molar-refractivity contribution in [1.82, 2.24) is 19.7 Å². The first-order valence-corrected chi connectivity index (χ1v) is 10.2. The maximum absolute atomic E-state index is 13.3. The van der Waals surface area contributed by atoms with Gasteiger partial charge in [-0.25, -0.2) is 4.98 Å². The quantitative estimate of drug-likeness (QED) is 0.850. The normalized spacial score (nSPS) is 35.5. The van der Waals surface area contributed by atoms with Crippen LogP contribution in [0.25, 0.3) is 11.3 Å². The van der Waals surface area contributed by atoms with Crippen LogP contribution in [-0.2, 0) is 16.3 Å². The predicted octanol–water partition coefficient (Wildman–Crippen LogP) is 2.46. The highest BCUT2D eigenvalue weighted by molar-refractivity contribution is 5.66. The molecule has 0 amide bonds. The molecule has 8 rings (SSSR count). The Morgan fingerprint density at radius 1 is 1.17 bits per heavy atom. The zero-order chi connectivity index (χ0) is 19.7. The van der Waals surface area contributed by atoms with Gasteiger partial charge in [-0.15, -0.1) is 0 Å². The van der Waals surface area contributed by atoms with Gasteiger partial charge in [0.25, 0.3) is 0 Å². The molecular weight excluding hydrogens is 383 g/mol. The van der Waals surface area contributed by atoms with E-state index in [9.17, 15) is 13.2 Å². The molecule has 5 heterocycles. The van der Waals surface area contributed by atoms with Crippen molar-refractivity contribution in [3.05, 3.63) is 29.6 Å². The van der Waals surface area contributed by atoms with Crippen LogP contribution in [0.3, 0.4) is 0 Å². The minimum Gasteiger partial charge on any atom is -0.383 e. The Labute approximate surface area is 164 Å². The highest BCUT2D eigenvalue weighted by Crippen LogP contribution is 2.86. The van der Waals surface area contributed by atoms with Gasteiger partial charge >= 0.3 is 6.18 Å². The van der Waals surface area contributed by atoms with E-state index >= 15 is 0 Å². The summed E-state index contributed by atoms with van der Waals surface area (Å²) in [7, 11) is 0. The van der Waals surface area contributed by atoms with Gasteiger partial charge in [0.15, 0.2) is 0 Å². The second-order valence-corrected chi connectivity index (χ2v) is 9.14. The minimum absolute atomic E-state index is 0.164. The van der Waals surface area contributed by atoms with Gasteiger partial charge in [0.2, 0.25) is 0 Å². The molecule has 9 heteroatoms. The maximum atomic E-state index is 13.3. The van der Waals surface area contributed by atoms with Crippen molar-refractivity contribution in [2.75, 3.05) is 25.5 Å². The van der Waals surface area contributed by atoms with Crippen molar-refractivity contribution in [1.29, 1.82) is 0 Å². The molecule has 3 saturated carbocycles. The first kappa shape index (κ1) is 16.6. The molecule has 0 aromatic carbocycles. The maximum Gasteiger partial charge on any atom is 0.419 e. The molecule has 0 radical (unpaired) electrons. The molecule has 2 aromatic rings. The van der Waals surface area contributed by atoms with E-state index in [-0.39, 0.29) is 5.41 Å². The summed E-state index contributed by atoms with van der Waals surface area (Å²) in [5.74, 6) is 0.841. The van der Waals surface area contributed by atoms with Crippen LogP contribution in [0.5, 0.6) is 0 Å². The summed E-state index contributed by atoms with van der Waals surface area (Å²) in [5.41, 5.74) is 6.88. The van der Waals surface area contributed by atoms with Gasteiger partial charge in [-0.2, -0.15) is 18.3 Å². The lowest BCUT2D eigenvalue weighted by atomic mass is 10.0. The van der Waals surface area contributed by atoms with E-state index < -0.39 is 17.6 Å². The summed E-state index contributed by atoms with van der Waals surface area (Å²) in [6, 6.07) is 4.55. The number of nitrogens with zero attached hydrogens (tertiary/aromatic N) is 4. The molecule has 4 atom stereocenters. The molecule has 6 fully saturated rings. The van der Waals surface area contributed by atoms with Crippen LogP contribution in [0.4, 0.5) is 19.0 Å². The third kappa shape index (κ3) is 2.00. The molecule has 0 spiro atoms. The van der Waals surface area contributed by atoms with Crippen LogP contribution in [0.15, 0.2) is 18.3 Å². The van der Waals surface area contributed by atoms with Crippen LogP contribution in [-0.4, -0.2) is 51.5 Å². The van der Waals surface area contributed by atoms with Crippen LogP contribution < -0.4 is 5.73 Å². The van der Waals surface area contributed by atoms with E-state index in [0.29, 0.717) is 41.2 Å². The van der Waals surface area contributed by atoms with E-state index in [4.69, 9.17) is 15.6 Å². The Kier molecular flexibility index (Phi) is 2.84. The lowest BCUT2D eigenvalue weighted by Gasteiger charge is -2.34. The predicted molar refractivity (Wildman–Crippen MR) is 96.9 cm³/mol. The van der Waals surface area contributed by atoms with E-state index in [2.05, 4.69) is 14.6 Å². The first-order chi connectivity index (χ1) is 13.9. The molecule has 3 aliphatic heterocycles. The standard InChI is InChI=1S/C20H20F3N5O/c21-20(22,23)12-3-9(5-25-18(12)24)14-4-15(28(26-14)10-1-2-10)19-13-6-27(11-7-29-8-11)17(19)16(13)19/h3-5,10-11,13,16-17H,1-2,6-8H2,(H2,24,25)/t13-,16-,17?,19-/m1/s1. The molecule has 3 aliphatic carbocycles. The second kappa shape index (κ2) is 4.95. The number of nitrogens with two attached hydrogens (primary N) is 1. The number of piperidine rings is 1. The Balaban J connectivity index is 1.28. The number of hydrogen-bond donors (Lipinski definition) is 1. The lowest BCUT2D eigenvalue weighted by Crippen LogP contribution is -2.48. The van der Waals surface area contributed by atoms with E-state index in [1.807, 2.05) is 6.07 Å². The molecule has 6 nitrogen and oxygen atoms in total. The number of ether oxygens (including phenoxy) is 1. The van der Waals surface area contributed by atoms with Gasteiger partial charge in [-0.05, 0) is 36.8 Å². The number of anilines is 1. The zero-order valence-corrected chi connectivity index (χ0v) is 15.6. The second-order valence-electron chi connectivity index (χ2n) is 9.14. The number of alkyl halides is 3. The molecule has 2 bridgehead atoms. The number of nitrogen functional groups attached to an aromatic ring is 1. The molecule has 2 N–H and O–H groups in total. The fraction of sp³-hybridized carbons (Fsp3) is 0.600. The Hall–Kier alpha value is -2.13. The number of hydrogen-bond acceptors (Lipinski definition) is 5. The molecule has 152 valence electrons. The van der Waals surface area contributed by atoms with Gasteiger partial charge in [-0.3, -0.25) is 9.58 Å². The number of pyridine rings is 1. The minimum atomic E-state index is -4.53. The topological polar surface area (TPSA) is 69.2 Å². The van der Waals surface area contributed by atoms with Crippen LogP contribution in [0.1, 0.15) is 30.1 Å². The summed E-state index contributed by atoms with van der Waals surface area (Å²) in [6.45, 7) is 2.74. The summed E-state index contributed by atoms with van der Waals surface area (Å²) >= 11 is 0. The lowest BCUT2D eigenvalue weighted by molar-refractivity contribution is -0.137. The van der Waals surface area contributed by atoms with Crippen molar-refractivity contribution in [2.45, 2.75) is 42.6 Å². The molecule has 1 unspecified atom stereocenters. The smallest absolute Gasteiger partial charge is 0.383 e. The first-order valence-electron chi connectivity index (χ1n) is 10.2. The molecular formula is C20H20F3N5O. The Morgan fingerprint density at radius 2 is 1.97 bits per heavy atom. The average molecular weight is 403 g/mol. The van der Waals surface area contributed by atoms with Crippen molar-refractivity contribution < 1.29 is 17.9 Å². The molecule has 6 aliphatic rings. The molecule has 2 aromatic heterocycles. The van der Waals surface area contributed by atoms with Crippen molar-refractivity contribution in [3.63, 3.8) is 0 Å². The van der Waals surface area contributed by atoms with Gasteiger partial charge < -0.3 is 10.5 Å². The number of aromatic nitrogens is 3. The monoisotopic (exact) mass is 403 g/mol. The largest absolute Gasteiger partial charge is 0.419 e. The fourth-order valence-corrected chi connectivity index (χ4v) is 5.94. The Morgan fingerprint density at radius 3 is 2.59 bits per heavy atom. The van der Waals surface area contributed by atoms with Crippen molar-refractivity contribution >= 4 is 5.82 Å². The van der Waals surface area contributed by atoms with Crippen LogP contribution in [0, 0.1) is 11.8 Å². The van der Waals surface area contributed by atoms with Gasteiger partial charge in [-0.1, -0.05) is 0 Å². The number of fused-ring (bicyclic) bond motifs is 1. The van der Waals surface area contributed by atoms with E-state index in [1.165, 1.54) is 11.9 Å². The highest BCUT2D eigenvalue weighted by Gasteiger charge is 2.94. The Bertz CT molecular complexity index is 1040. The highest BCUT2D eigenvalue weighted by atomic mass is 19.4. The number of halogens is 3. The summed E-state index contributed by atoms with van der Waals surface area (Å²) < 4.78 is 47.3. The summed E-state index contributed by atoms with van der Waals surface area (Å²) in [4.78, 5) is 6.38. The van der Waals surface area contributed by atoms with E-state index in [1.54, 1.807) is 0 Å². The van der Waals surface area contributed by atoms with Crippen molar-refractivity contribution in [3.8, 4) is 11.3 Å². The third-order valence-electron chi connectivity index (χ3n) is 7.66. The van der Waals surface area contributed by atoms with Gasteiger partial charge in [0.1, 0.15) is 5.82 Å². The van der Waals surface area contributed by atoms with Gasteiger partial charge in [0, 0.05) is 35.5 Å². The zero-order valence-electron chi connectivity index (χ0n) is 15.6. The summed E-state index contributed by atoms with van der Waals surface area (Å²) in [5, 5.41) is 4.75. The summed E-state index contributed by atoms with van der Waals surface area (Å²) in [6.07, 6.45) is -0.970.